The number of aliphatic hydroxyl groups is 1. The molecule has 0 bridgehead atoms. The summed E-state index contributed by atoms with van der Waals surface area (Å²) >= 11 is 0. The average molecular weight is 381 g/mol. The van der Waals surface area contributed by atoms with Crippen molar-refractivity contribution in [2.45, 2.75) is 38.4 Å². The van der Waals surface area contributed by atoms with E-state index in [4.69, 9.17) is 19.5 Å². The number of hydrogen-bond donors (Lipinski definition) is 2. The molecule has 140 valence electrons. The van der Waals surface area contributed by atoms with Gasteiger partial charge in [0.05, 0.1) is 12.4 Å². The van der Waals surface area contributed by atoms with Crippen molar-refractivity contribution in [1.29, 1.82) is 0 Å². The molecule has 9 nitrogen and oxygen atoms in total. The molecule has 3 rings (SSSR count). The minimum absolute atomic E-state index is 0.0307. The predicted octanol–water partition coefficient (Wildman–Crippen LogP) is 1.28. The lowest BCUT2D eigenvalue weighted by molar-refractivity contribution is -0.0529. The van der Waals surface area contributed by atoms with Crippen molar-refractivity contribution in [3.63, 3.8) is 0 Å². The molecule has 1 fully saturated rings. The molecule has 0 aromatic heterocycles. The maximum absolute atomic E-state index is 11.9. The predicted molar refractivity (Wildman–Crippen MR) is 95.6 cm³/mol. The van der Waals surface area contributed by atoms with Gasteiger partial charge in [-0.2, -0.15) is 0 Å². The second-order valence-electron chi connectivity index (χ2n) is 6.07. The summed E-state index contributed by atoms with van der Waals surface area (Å²) in [7, 11) is -2.31. The fourth-order valence-electron chi connectivity index (χ4n) is 2.67. The van der Waals surface area contributed by atoms with Crippen LogP contribution in [0.5, 0.6) is 0 Å². The molecule has 2 aliphatic heterocycles. The number of rotatable bonds is 7. The summed E-state index contributed by atoms with van der Waals surface area (Å²) in [5, 5.41) is 10.1. The minimum atomic E-state index is -2.31. The third-order valence-electron chi connectivity index (χ3n) is 4.24. The maximum atomic E-state index is 11.9. The first kappa shape index (κ1) is 18.9. The van der Waals surface area contributed by atoms with Gasteiger partial charge in [0.15, 0.2) is 0 Å². The maximum Gasteiger partial charge on any atom is 0.697 e. The van der Waals surface area contributed by atoms with E-state index in [2.05, 4.69) is 9.98 Å². The highest BCUT2D eigenvalue weighted by Gasteiger charge is 2.39. The third kappa shape index (κ3) is 4.84. The first-order valence-electron chi connectivity index (χ1n) is 8.24. The van der Waals surface area contributed by atoms with Crippen molar-refractivity contribution < 1.29 is 23.5 Å². The molecule has 2 heterocycles. The van der Waals surface area contributed by atoms with E-state index >= 15 is 0 Å². The zero-order valence-corrected chi connectivity index (χ0v) is 15.3. The Balaban J connectivity index is 1.42. The number of aliphatic hydroxyl groups excluding tert-OH is 1. The second-order valence-corrected chi connectivity index (χ2v) is 7.03. The first-order valence-corrected chi connectivity index (χ1v) is 9.33. The second kappa shape index (κ2) is 8.66. The van der Waals surface area contributed by atoms with Gasteiger partial charge in [0.1, 0.15) is 32.2 Å². The van der Waals surface area contributed by atoms with E-state index < -0.39 is 20.5 Å². The summed E-state index contributed by atoms with van der Waals surface area (Å²) in [4.78, 5) is 9.64. The Labute approximate surface area is 152 Å². The fraction of sp³-hybridized carbons (Fsp3) is 0.500. The van der Waals surface area contributed by atoms with Crippen molar-refractivity contribution in [3.05, 3.63) is 35.4 Å². The monoisotopic (exact) mass is 381 g/mol. The molecule has 1 aromatic carbocycles. The van der Waals surface area contributed by atoms with E-state index in [0.29, 0.717) is 13.1 Å². The molecule has 0 aliphatic carbocycles. The van der Waals surface area contributed by atoms with E-state index in [1.165, 1.54) is 6.34 Å². The van der Waals surface area contributed by atoms with E-state index in [9.17, 15) is 9.67 Å². The van der Waals surface area contributed by atoms with Gasteiger partial charge in [-0.15, -0.1) is 9.05 Å². The summed E-state index contributed by atoms with van der Waals surface area (Å²) in [6.07, 6.45) is 0.185. The van der Waals surface area contributed by atoms with Gasteiger partial charge in [0.2, 0.25) is 5.96 Å². The average Bonchev–Trinajstić information content (AvgIpc) is 3.00. The van der Waals surface area contributed by atoms with Crippen LogP contribution in [0.2, 0.25) is 0 Å². The van der Waals surface area contributed by atoms with E-state index in [1.54, 1.807) is 4.90 Å². The van der Waals surface area contributed by atoms with Gasteiger partial charge < -0.3 is 20.5 Å². The molecular weight excluding hydrogens is 359 g/mol. The van der Waals surface area contributed by atoms with Crippen LogP contribution in [0.4, 0.5) is 0 Å². The van der Waals surface area contributed by atoms with Crippen LogP contribution in [0.1, 0.15) is 17.5 Å². The molecule has 4 unspecified atom stereocenters. The molecular formula is C16H22N4O5P+. The van der Waals surface area contributed by atoms with Crippen LogP contribution < -0.4 is 5.73 Å². The fourth-order valence-corrected chi connectivity index (χ4v) is 3.25. The van der Waals surface area contributed by atoms with E-state index in [1.807, 2.05) is 31.2 Å². The molecule has 4 atom stereocenters. The van der Waals surface area contributed by atoms with Crippen LogP contribution in [0.25, 0.3) is 0 Å². The number of aliphatic imine (C=N–C) groups is 2. The molecule has 1 aromatic rings. The van der Waals surface area contributed by atoms with Crippen LogP contribution in [-0.2, 0) is 25.0 Å². The Kier molecular flexibility index (Phi) is 6.29. The van der Waals surface area contributed by atoms with Crippen LogP contribution >= 0.6 is 8.25 Å². The lowest BCUT2D eigenvalue weighted by atomic mass is 10.1. The Morgan fingerprint density at radius 2 is 2.23 bits per heavy atom. The number of aryl methyl sites for hydroxylation is 1. The van der Waals surface area contributed by atoms with Gasteiger partial charge in [-0.1, -0.05) is 24.3 Å². The lowest BCUT2D eigenvalue weighted by Crippen LogP contribution is -2.38. The third-order valence-corrected chi connectivity index (χ3v) is 4.94. The number of nitrogens with zero attached hydrogens (tertiary/aromatic N) is 3. The highest BCUT2D eigenvalue weighted by atomic mass is 31.1. The Morgan fingerprint density at radius 3 is 2.96 bits per heavy atom. The number of benzene rings is 1. The van der Waals surface area contributed by atoms with Gasteiger partial charge in [0.25, 0.3) is 0 Å². The summed E-state index contributed by atoms with van der Waals surface area (Å²) in [6.45, 7) is 2.43. The quantitative estimate of drug-likeness (QED) is 0.683. The standard InChI is InChI=1S/C16H22N4O5P/c1-11-4-2-3-5-12(11)7-23-26(22)24-8-14-13(21)6-15(25-14)20-9-18-16(17)19-10-20/h2-5,9,13-15,21H,6-8,10H2,1H3,(H2,17,19)/q+1. The zero-order valence-electron chi connectivity index (χ0n) is 14.4. The van der Waals surface area contributed by atoms with Crippen molar-refractivity contribution in [3.8, 4) is 0 Å². The lowest BCUT2D eigenvalue weighted by Gasteiger charge is -2.26. The Morgan fingerprint density at radius 1 is 1.42 bits per heavy atom. The van der Waals surface area contributed by atoms with Crippen LogP contribution in [-0.4, -0.2) is 54.0 Å². The number of hydrogen-bond acceptors (Lipinski definition) is 9. The normalized spacial score (nSPS) is 26.1. The van der Waals surface area contributed by atoms with E-state index in [-0.39, 0.29) is 25.4 Å². The van der Waals surface area contributed by atoms with Crippen molar-refractivity contribution >= 4 is 20.6 Å². The molecule has 0 saturated carbocycles. The van der Waals surface area contributed by atoms with E-state index in [0.717, 1.165) is 11.1 Å². The number of guanidine groups is 1. The summed E-state index contributed by atoms with van der Waals surface area (Å²) < 4.78 is 28.1. The van der Waals surface area contributed by atoms with Crippen molar-refractivity contribution in [1.82, 2.24) is 4.90 Å². The molecule has 1 saturated heterocycles. The highest BCUT2D eigenvalue weighted by molar-refractivity contribution is 7.33. The SMILES string of the molecule is Cc1ccccc1CO[P+](=O)OCC1OC(N2C=NC(N)=NC2)CC1O. The Hall–Kier alpha value is -1.90. The van der Waals surface area contributed by atoms with Gasteiger partial charge in [-0.05, 0) is 18.1 Å². The van der Waals surface area contributed by atoms with Crippen LogP contribution in [0.3, 0.4) is 0 Å². The van der Waals surface area contributed by atoms with Crippen LogP contribution in [0.15, 0.2) is 34.3 Å². The highest BCUT2D eigenvalue weighted by Crippen LogP contribution is 2.30. The molecule has 3 N–H and O–H groups in total. The number of nitrogens with two attached hydrogens (primary N) is 1. The number of ether oxygens (including phenoxy) is 1. The largest absolute Gasteiger partial charge is 0.697 e. The smallest absolute Gasteiger partial charge is 0.390 e. The van der Waals surface area contributed by atoms with Gasteiger partial charge in [-0.3, -0.25) is 0 Å². The Bertz CT molecular complexity index is 714. The molecule has 10 heteroatoms. The summed E-state index contributed by atoms with van der Waals surface area (Å²) in [6, 6.07) is 7.68. The topological polar surface area (TPSA) is 119 Å². The zero-order chi connectivity index (χ0) is 18.5. The van der Waals surface area contributed by atoms with Gasteiger partial charge in [0, 0.05) is 11.0 Å². The van der Waals surface area contributed by atoms with Gasteiger partial charge >= 0.3 is 8.25 Å². The molecule has 0 spiro atoms. The minimum Gasteiger partial charge on any atom is -0.390 e. The van der Waals surface area contributed by atoms with Gasteiger partial charge in [-0.25, -0.2) is 9.98 Å². The first-order chi connectivity index (χ1) is 12.5. The summed E-state index contributed by atoms with van der Waals surface area (Å²) in [5.74, 6) is 0.211. The van der Waals surface area contributed by atoms with Crippen molar-refractivity contribution in [2.24, 2.45) is 15.7 Å². The molecule has 0 amide bonds. The summed E-state index contributed by atoms with van der Waals surface area (Å²) in [5.41, 5.74) is 7.48. The molecule has 2 aliphatic rings. The van der Waals surface area contributed by atoms with Crippen LogP contribution in [0, 0.1) is 6.92 Å². The molecule has 26 heavy (non-hydrogen) atoms. The van der Waals surface area contributed by atoms with Crippen molar-refractivity contribution in [2.75, 3.05) is 13.3 Å². The molecule has 0 radical (unpaired) electrons.